The molecule has 0 aliphatic rings. The van der Waals surface area contributed by atoms with Gasteiger partial charge in [0, 0.05) is 0 Å². The summed E-state index contributed by atoms with van der Waals surface area (Å²) >= 11 is 0. The number of aliphatic hydroxyl groups excluding tert-OH is 1. The second kappa shape index (κ2) is 6.89. The number of furan rings is 1. The van der Waals surface area contributed by atoms with Crippen LogP contribution in [0.2, 0.25) is 0 Å². The van der Waals surface area contributed by atoms with E-state index in [9.17, 15) is 8.42 Å². The normalized spacial score (nSPS) is 13.7. The molecule has 0 radical (unpaired) electrons. The van der Waals surface area contributed by atoms with E-state index >= 15 is 0 Å². The summed E-state index contributed by atoms with van der Waals surface area (Å²) in [6.45, 7) is 2.97. The van der Waals surface area contributed by atoms with Gasteiger partial charge in [-0.05, 0) is 45.5 Å². The van der Waals surface area contributed by atoms with Crippen molar-refractivity contribution in [2.24, 2.45) is 0 Å². The van der Waals surface area contributed by atoms with Crippen LogP contribution in [-0.4, -0.2) is 33.2 Å². The van der Waals surface area contributed by atoms with Crippen LogP contribution in [-0.2, 0) is 16.6 Å². The lowest BCUT2D eigenvalue weighted by Gasteiger charge is -2.04. The van der Waals surface area contributed by atoms with Gasteiger partial charge in [0.15, 0.2) is 0 Å². The standard InChI is InChI=1S/C11H20N2O4S/c1-9(14)4-3-7-13-8-10-5-6-11(17-10)18(15,16)12-2/h5-6,9,12-14H,3-4,7-8H2,1-2H3. The maximum Gasteiger partial charge on any atom is 0.273 e. The Morgan fingerprint density at radius 3 is 2.78 bits per heavy atom. The van der Waals surface area contributed by atoms with Crippen molar-refractivity contribution < 1.29 is 17.9 Å². The molecule has 0 aliphatic carbocycles. The molecule has 1 heterocycles. The largest absolute Gasteiger partial charge is 0.447 e. The minimum atomic E-state index is -3.50. The van der Waals surface area contributed by atoms with E-state index in [0.29, 0.717) is 12.3 Å². The average Bonchev–Trinajstić information content (AvgIpc) is 2.77. The molecular weight excluding hydrogens is 256 g/mol. The van der Waals surface area contributed by atoms with Crippen LogP contribution in [0.1, 0.15) is 25.5 Å². The first kappa shape index (κ1) is 15.2. The molecule has 0 aromatic carbocycles. The van der Waals surface area contributed by atoms with Gasteiger partial charge in [-0.25, -0.2) is 13.1 Å². The Morgan fingerprint density at radius 2 is 2.17 bits per heavy atom. The van der Waals surface area contributed by atoms with Gasteiger partial charge >= 0.3 is 0 Å². The third kappa shape index (κ3) is 4.77. The van der Waals surface area contributed by atoms with Crippen molar-refractivity contribution >= 4 is 10.0 Å². The zero-order valence-corrected chi connectivity index (χ0v) is 11.5. The molecule has 1 aromatic heterocycles. The molecule has 104 valence electrons. The third-order valence-corrected chi connectivity index (χ3v) is 3.73. The summed E-state index contributed by atoms with van der Waals surface area (Å²) in [7, 11) is -2.16. The van der Waals surface area contributed by atoms with E-state index in [-0.39, 0.29) is 11.2 Å². The molecule has 0 saturated carbocycles. The van der Waals surface area contributed by atoms with Crippen molar-refractivity contribution in [3.05, 3.63) is 17.9 Å². The van der Waals surface area contributed by atoms with Crippen LogP contribution in [0, 0.1) is 0 Å². The minimum Gasteiger partial charge on any atom is -0.447 e. The maximum absolute atomic E-state index is 11.4. The molecule has 0 spiro atoms. The molecule has 18 heavy (non-hydrogen) atoms. The molecule has 0 bridgehead atoms. The van der Waals surface area contributed by atoms with E-state index in [2.05, 4.69) is 10.0 Å². The summed E-state index contributed by atoms with van der Waals surface area (Å²) in [5.41, 5.74) is 0. The minimum absolute atomic E-state index is 0.0780. The van der Waals surface area contributed by atoms with Crippen molar-refractivity contribution in [1.82, 2.24) is 10.0 Å². The van der Waals surface area contributed by atoms with Gasteiger partial charge in [0.05, 0.1) is 12.6 Å². The van der Waals surface area contributed by atoms with Crippen LogP contribution in [0.5, 0.6) is 0 Å². The van der Waals surface area contributed by atoms with E-state index in [1.165, 1.54) is 13.1 Å². The van der Waals surface area contributed by atoms with E-state index in [1.807, 2.05) is 0 Å². The van der Waals surface area contributed by atoms with Gasteiger partial charge in [-0.1, -0.05) is 0 Å². The molecular formula is C11H20N2O4S. The fourth-order valence-electron chi connectivity index (χ4n) is 1.43. The average molecular weight is 276 g/mol. The third-order valence-electron chi connectivity index (χ3n) is 2.45. The molecule has 1 atom stereocenters. The van der Waals surface area contributed by atoms with E-state index in [0.717, 1.165) is 19.4 Å². The van der Waals surface area contributed by atoms with Gasteiger partial charge in [-0.2, -0.15) is 0 Å². The van der Waals surface area contributed by atoms with Crippen molar-refractivity contribution in [2.45, 2.75) is 37.5 Å². The summed E-state index contributed by atoms with van der Waals surface area (Å²) in [4.78, 5) is 0. The summed E-state index contributed by atoms with van der Waals surface area (Å²) in [6.07, 6.45) is 1.31. The second-order valence-electron chi connectivity index (χ2n) is 4.10. The monoisotopic (exact) mass is 276 g/mol. The van der Waals surface area contributed by atoms with Crippen LogP contribution in [0.3, 0.4) is 0 Å². The first-order chi connectivity index (χ1) is 8.45. The second-order valence-corrected chi connectivity index (χ2v) is 5.91. The number of hydrogen-bond acceptors (Lipinski definition) is 5. The van der Waals surface area contributed by atoms with Gasteiger partial charge in [0.2, 0.25) is 5.09 Å². The predicted molar refractivity (Wildman–Crippen MR) is 67.6 cm³/mol. The first-order valence-electron chi connectivity index (χ1n) is 5.86. The topological polar surface area (TPSA) is 91.6 Å². The highest BCUT2D eigenvalue weighted by atomic mass is 32.2. The molecule has 0 aliphatic heterocycles. The Hall–Kier alpha value is -0.890. The van der Waals surface area contributed by atoms with Crippen LogP contribution >= 0.6 is 0 Å². The molecule has 1 aromatic rings. The Balaban J connectivity index is 2.36. The highest BCUT2D eigenvalue weighted by Gasteiger charge is 2.15. The molecule has 1 unspecified atom stereocenters. The molecule has 0 fully saturated rings. The van der Waals surface area contributed by atoms with Crippen molar-refractivity contribution in [3.8, 4) is 0 Å². The lowest BCUT2D eigenvalue weighted by atomic mass is 10.2. The van der Waals surface area contributed by atoms with Gasteiger partial charge < -0.3 is 14.8 Å². The number of nitrogens with one attached hydrogen (secondary N) is 2. The van der Waals surface area contributed by atoms with Gasteiger partial charge in [0.25, 0.3) is 10.0 Å². The molecule has 3 N–H and O–H groups in total. The van der Waals surface area contributed by atoms with E-state index in [1.54, 1.807) is 13.0 Å². The fourth-order valence-corrected chi connectivity index (χ4v) is 2.10. The van der Waals surface area contributed by atoms with Gasteiger partial charge in [0.1, 0.15) is 5.76 Å². The molecule has 0 amide bonds. The molecule has 1 rings (SSSR count). The molecule has 0 saturated heterocycles. The Morgan fingerprint density at radius 1 is 1.44 bits per heavy atom. The highest BCUT2D eigenvalue weighted by molar-refractivity contribution is 7.89. The SMILES string of the molecule is CNS(=O)(=O)c1ccc(CNCCCC(C)O)o1. The number of rotatable bonds is 8. The molecule has 7 heteroatoms. The van der Waals surface area contributed by atoms with Crippen LogP contribution in [0.15, 0.2) is 21.6 Å². The van der Waals surface area contributed by atoms with Crippen LogP contribution < -0.4 is 10.0 Å². The quantitative estimate of drug-likeness (QED) is 0.599. The van der Waals surface area contributed by atoms with E-state index < -0.39 is 10.0 Å². The fraction of sp³-hybridized carbons (Fsp3) is 0.636. The van der Waals surface area contributed by atoms with Gasteiger partial charge in [-0.15, -0.1) is 0 Å². The summed E-state index contributed by atoms with van der Waals surface area (Å²) in [6, 6.07) is 3.06. The Kier molecular flexibility index (Phi) is 5.80. The Labute approximate surface area is 107 Å². The van der Waals surface area contributed by atoms with Crippen molar-refractivity contribution in [3.63, 3.8) is 0 Å². The first-order valence-corrected chi connectivity index (χ1v) is 7.35. The lowest BCUT2D eigenvalue weighted by molar-refractivity contribution is 0.181. The number of aliphatic hydroxyl groups is 1. The number of sulfonamides is 1. The number of hydrogen-bond donors (Lipinski definition) is 3. The highest BCUT2D eigenvalue weighted by Crippen LogP contribution is 2.13. The lowest BCUT2D eigenvalue weighted by Crippen LogP contribution is -2.18. The Bertz CT molecular complexity index is 453. The zero-order valence-electron chi connectivity index (χ0n) is 10.6. The van der Waals surface area contributed by atoms with Crippen molar-refractivity contribution in [1.29, 1.82) is 0 Å². The summed E-state index contributed by atoms with van der Waals surface area (Å²) in [5, 5.41) is 12.1. The van der Waals surface area contributed by atoms with Gasteiger partial charge in [-0.3, -0.25) is 0 Å². The smallest absolute Gasteiger partial charge is 0.273 e. The summed E-state index contributed by atoms with van der Waals surface area (Å²) in [5.74, 6) is 0.570. The van der Waals surface area contributed by atoms with Crippen LogP contribution in [0.25, 0.3) is 0 Å². The maximum atomic E-state index is 11.4. The van der Waals surface area contributed by atoms with Crippen LogP contribution in [0.4, 0.5) is 0 Å². The molecule has 6 nitrogen and oxygen atoms in total. The predicted octanol–water partition coefficient (Wildman–Crippen LogP) is 0.438. The zero-order chi connectivity index (χ0) is 13.6. The van der Waals surface area contributed by atoms with E-state index in [4.69, 9.17) is 9.52 Å². The van der Waals surface area contributed by atoms with Crippen molar-refractivity contribution in [2.75, 3.05) is 13.6 Å². The summed E-state index contributed by atoms with van der Waals surface area (Å²) < 4.78 is 30.2.